The van der Waals surface area contributed by atoms with Crippen LogP contribution in [0.15, 0.2) is 48.5 Å². The number of nitriles is 1. The van der Waals surface area contributed by atoms with Gasteiger partial charge in [-0.25, -0.2) is 0 Å². The van der Waals surface area contributed by atoms with Crippen LogP contribution in [0.3, 0.4) is 0 Å². The van der Waals surface area contributed by atoms with Crippen molar-refractivity contribution >= 4 is 10.9 Å². The summed E-state index contributed by atoms with van der Waals surface area (Å²) >= 11 is 0. The lowest BCUT2D eigenvalue weighted by molar-refractivity contribution is 0.296. The second kappa shape index (κ2) is 5.95. The first-order valence-electron chi connectivity index (χ1n) is 7.44. The molecule has 0 aliphatic heterocycles. The van der Waals surface area contributed by atoms with Crippen LogP contribution in [0, 0.1) is 18.3 Å². The SMILES string of the molecule is CCn1c(COc2ccccc2)c(C#N)c2ccc(C)cc21. The number of ether oxygens (including phenoxy) is 1. The van der Waals surface area contributed by atoms with Crippen LogP contribution in [0.2, 0.25) is 0 Å². The Bertz CT molecular complexity index is 841. The van der Waals surface area contributed by atoms with E-state index in [-0.39, 0.29) is 0 Å². The first-order chi connectivity index (χ1) is 10.7. The summed E-state index contributed by atoms with van der Waals surface area (Å²) in [6.45, 7) is 5.37. The van der Waals surface area contributed by atoms with E-state index in [1.165, 1.54) is 5.56 Å². The number of nitrogens with zero attached hydrogens (tertiary/aromatic N) is 2. The van der Waals surface area contributed by atoms with Crippen molar-refractivity contribution in [2.45, 2.75) is 27.0 Å². The van der Waals surface area contributed by atoms with Crippen molar-refractivity contribution in [3.8, 4) is 11.8 Å². The lowest BCUT2D eigenvalue weighted by Gasteiger charge is -2.10. The Hall–Kier alpha value is -2.73. The number of rotatable bonds is 4. The third-order valence-electron chi connectivity index (χ3n) is 3.87. The zero-order valence-corrected chi connectivity index (χ0v) is 12.8. The van der Waals surface area contributed by atoms with E-state index < -0.39 is 0 Å². The molecule has 1 aromatic heterocycles. The minimum Gasteiger partial charge on any atom is -0.487 e. The molecular formula is C19H18N2O. The molecule has 0 atom stereocenters. The van der Waals surface area contributed by atoms with Gasteiger partial charge in [0.15, 0.2) is 0 Å². The number of aromatic nitrogens is 1. The van der Waals surface area contributed by atoms with E-state index in [4.69, 9.17) is 4.74 Å². The van der Waals surface area contributed by atoms with E-state index in [1.54, 1.807) is 0 Å². The summed E-state index contributed by atoms with van der Waals surface area (Å²) in [6, 6.07) is 18.3. The highest BCUT2D eigenvalue weighted by molar-refractivity contribution is 5.88. The van der Waals surface area contributed by atoms with Gasteiger partial charge in [0, 0.05) is 17.4 Å². The Kier molecular flexibility index (Phi) is 3.84. The molecule has 1 heterocycles. The Morgan fingerprint density at radius 1 is 1.14 bits per heavy atom. The minimum atomic E-state index is 0.397. The van der Waals surface area contributed by atoms with Crippen LogP contribution in [0.5, 0.6) is 5.75 Å². The average molecular weight is 290 g/mol. The van der Waals surface area contributed by atoms with Crippen molar-refractivity contribution < 1.29 is 4.74 Å². The van der Waals surface area contributed by atoms with E-state index in [0.717, 1.165) is 28.9 Å². The third kappa shape index (κ3) is 2.44. The number of aryl methyl sites for hydroxylation is 2. The van der Waals surface area contributed by atoms with Crippen molar-refractivity contribution in [1.29, 1.82) is 5.26 Å². The highest BCUT2D eigenvalue weighted by Crippen LogP contribution is 2.27. The van der Waals surface area contributed by atoms with Gasteiger partial charge in [-0.2, -0.15) is 5.26 Å². The van der Waals surface area contributed by atoms with Crippen molar-refractivity contribution in [3.63, 3.8) is 0 Å². The quantitative estimate of drug-likeness (QED) is 0.713. The second-order valence-electron chi connectivity index (χ2n) is 5.30. The first-order valence-corrected chi connectivity index (χ1v) is 7.44. The number of fused-ring (bicyclic) bond motifs is 1. The Labute approximate surface area is 130 Å². The molecule has 3 heteroatoms. The zero-order chi connectivity index (χ0) is 15.5. The molecule has 3 aromatic rings. The standard InChI is InChI=1S/C19H18N2O/c1-3-21-18-11-14(2)9-10-16(18)17(12-20)19(21)13-22-15-7-5-4-6-8-15/h4-11H,3,13H2,1-2H3. The van der Waals surface area contributed by atoms with E-state index in [2.05, 4.69) is 30.6 Å². The summed E-state index contributed by atoms with van der Waals surface area (Å²) in [6.07, 6.45) is 0. The van der Waals surface area contributed by atoms with Gasteiger partial charge in [-0.15, -0.1) is 0 Å². The predicted octanol–water partition coefficient (Wildman–Crippen LogP) is 4.42. The van der Waals surface area contributed by atoms with Crippen LogP contribution in [0.25, 0.3) is 10.9 Å². The molecule has 0 aliphatic carbocycles. The molecule has 0 aliphatic rings. The normalized spacial score (nSPS) is 10.6. The molecule has 2 aromatic carbocycles. The van der Waals surface area contributed by atoms with Crippen LogP contribution in [0.4, 0.5) is 0 Å². The maximum absolute atomic E-state index is 9.57. The van der Waals surface area contributed by atoms with Crippen molar-refractivity contribution in [3.05, 3.63) is 65.4 Å². The van der Waals surface area contributed by atoms with Gasteiger partial charge >= 0.3 is 0 Å². The van der Waals surface area contributed by atoms with E-state index in [0.29, 0.717) is 12.2 Å². The first kappa shape index (κ1) is 14.2. The largest absolute Gasteiger partial charge is 0.487 e. The molecule has 0 amide bonds. The molecule has 0 radical (unpaired) electrons. The molecule has 0 fully saturated rings. The smallest absolute Gasteiger partial charge is 0.130 e. The van der Waals surface area contributed by atoms with Gasteiger partial charge in [-0.05, 0) is 37.6 Å². The molecule has 3 nitrogen and oxygen atoms in total. The maximum atomic E-state index is 9.57. The Morgan fingerprint density at radius 3 is 2.59 bits per heavy atom. The van der Waals surface area contributed by atoms with Crippen molar-refractivity contribution in [2.75, 3.05) is 0 Å². The van der Waals surface area contributed by atoms with E-state index in [9.17, 15) is 5.26 Å². The highest BCUT2D eigenvalue weighted by Gasteiger charge is 2.16. The lowest BCUT2D eigenvalue weighted by atomic mass is 10.1. The van der Waals surface area contributed by atoms with Gasteiger partial charge < -0.3 is 9.30 Å². The molecule has 0 saturated heterocycles. The topological polar surface area (TPSA) is 38.0 Å². The maximum Gasteiger partial charge on any atom is 0.130 e. The van der Waals surface area contributed by atoms with Crippen LogP contribution < -0.4 is 4.74 Å². The second-order valence-corrected chi connectivity index (χ2v) is 5.30. The molecule has 0 saturated carbocycles. The van der Waals surface area contributed by atoms with Gasteiger partial charge in [0.05, 0.1) is 11.3 Å². The fourth-order valence-corrected chi connectivity index (χ4v) is 2.82. The van der Waals surface area contributed by atoms with Crippen LogP contribution in [-0.2, 0) is 13.2 Å². The monoisotopic (exact) mass is 290 g/mol. The molecule has 3 rings (SSSR count). The summed E-state index contributed by atoms with van der Waals surface area (Å²) in [5, 5.41) is 10.6. The molecule has 0 N–H and O–H groups in total. The van der Waals surface area contributed by atoms with E-state index >= 15 is 0 Å². The molecule has 22 heavy (non-hydrogen) atoms. The van der Waals surface area contributed by atoms with Gasteiger partial charge in [0.2, 0.25) is 0 Å². The summed E-state index contributed by atoms with van der Waals surface area (Å²) < 4.78 is 8.04. The van der Waals surface area contributed by atoms with Gasteiger partial charge in [0.1, 0.15) is 18.4 Å². The summed E-state index contributed by atoms with van der Waals surface area (Å²) in [4.78, 5) is 0. The minimum absolute atomic E-state index is 0.397. The number of hydrogen-bond acceptors (Lipinski definition) is 2. The van der Waals surface area contributed by atoms with Gasteiger partial charge in [0.25, 0.3) is 0 Å². The molecule has 0 unspecified atom stereocenters. The average Bonchev–Trinajstić information content (AvgIpc) is 2.85. The highest BCUT2D eigenvalue weighted by atomic mass is 16.5. The molecule has 0 spiro atoms. The van der Waals surface area contributed by atoms with Crippen molar-refractivity contribution in [2.24, 2.45) is 0 Å². The Balaban J connectivity index is 2.06. The van der Waals surface area contributed by atoms with Gasteiger partial charge in [-0.3, -0.25) is 0 Å². The summed E-state index contributed by atoms with van der Waals surface area (Å²) in [7, 11) is 0. The number of para-hydroxylation sites is 1. The number of hydrogen-bond donors (Lipinski definition) is 0. The zero-order valence-electron chi connectivity index (χ0n) is 12.8. The molecule has 110 valence electrons. The van der Waals surface area contributed by atoms with Gasteiger partial charge in [-0.1, -0.05) is 30.3 Å². The third-order valence-corrected chi connectivity index (χ3v) is 3.87. The fourth-order valence-electron chi connectivity index (χ4n) is 2.82. The summed E-state index contributed by atoms with van der Waals surface area (Å²) in [5.74, 6) is 0.815. The van der Waals surface area contributed by atoms with Crippen LogP contribution >= 0.6 is 0 Å². The lowest BCUT2D eigenvalue weighted by Crippen LogP contribution is -2.06. The molecule has 0 bridgehead atoms. The fraction of sp³-hybridized carbons (Fsp3) is 0.211. The Morgan fingerprint density at radius 2 is 1.91 bits per heavy atom. The van der Waals surface area contributed by atoms with Crippen LogP contribution in [0.1, 0.15) is 23.7 Å². The number of benzene rings is 2. The van der Waals surface area contributed by atoms with Crippen LogP contribution in [-0.4, -0.2) is 4.57 Å². The van der Waals surface area contributed by atoms with Crippen molar-refractivity contribution in [1.82, 2.24) is 4.57 Å². The molecular weight excluding hydrogens is 272 g/mol. The van der Waals surface area contributed by atoms with E-state index in [1.807, 2.05) is 42.5 Å². The summed E-state index contributed by atoms with van der Waals surface area (Å²) in [5.41, 5.74) is 3.95. The predicted molar refractivity (Wildman–Crippen MR) is 87.8 cm³/mol.